The number of methoxy groups -OCH3 is 1. The summed E-state index contributed by atoms with van der Waals surface area (Å²) in [6.45, 7) is 6.15. The molecule has 9 nitrogen and oxygen atoms in total. The quantitative estimate of drug-likeness (QED) is 0.263. The van der Waals surface area contributed by atoms with Gasteiger partial charge < -0.3 is 25.0 Å². The summed E-state index contributed by atoms with van der Waals surface area (Å²) in [5, 5.41) is 11.5. The average Bonchev–Trinajstić information content (AvgIpc) is 3.15. The Morgan fingerprint density at radius 1 is 1.31 bits per heavy atom. The number of halogens is 1. The monoisotopic (exact) mass is 557 g/mol. The molecule has 32 heavy (non-hydrogen) atoms. The lowest BCUT2D eigenvalue weighted by molar-refractivity contribution is 0.177. The predicted octanol–water partition coefficient (Wildman–Crippen LogP) is 2.05. The molecule has 2 aromatic rings. The Bertz CT molecular complexity index is 857. The number of ether oxygens (including phenoxy) is 2. The fraction of sp³-hybridized carbons (Fsp3) is 0.591. The smallest absolute Gasteiger partial charge is 0.191 e. The van der Waals surface area contributed by atoms with Crippen molar-refractivity contribution in [3.05, 3.63) is 41.5 Å². The number of benzene rings is 1. The number of fused-ring (bicyclic) bond motifs is 1. The van der Waals surface area contributed by atoms with Gasteiger partial charge in [-0.05, 0) is 33.5 Å². The Morgan fingerprint density at radius 2 is 2.12 bits per heavy atom. The molecule has 0 aliphatic carbocycles. The minimum atomic E-state index is 0. The maximum atomic E-state index is 5.97. The predicted molar refractivity (Wildman–Crippen MR) is 137 cm³/mol. The fourth-order valence-corrected chi connectivity index (χ4v) is 3.46. The van der Waals surface area contributed by atoms with Gasteiger partial charge in [0.2, 0.25) is 0 Å². The van der Waals surface area contributed by atoms with Crippen LogP contribution in [0.5, 0.6) is 5.75 Å². The van der Waals surface area contributed by atoms with Crippen LogP contribution in [0.25, 0.3) is 0 Å². The molecule has 1 unspecified atom stereocenters. The highest BCUT2D eigenvalue weighted by Crippen LogP contribution is 2.19. The number of aryl methyl sites for hydroxylation is 1. The zero-order chi connectivity index (χ0) is 22.1. The minimum Gasteiger partial charge on any atom is -0.492 e. The van der Waals surface area contributed by atoms with E-state index >= 15 is 0 Å². The summed E-state index contributed by atoms with van der Waals surface area (Å²) < 4.78 is 13.1. The van der Waals surface area contributed by atoms with E-state index in [0.717, 1.165) is 61.4 Å². The number of nitrogens with one attached hydrogen (secondary N) is 2. The van der Waals surface area contributed by atoms with Crippen molar-refractivity contribution >= 4 is 29.9 Å². The molecule has 2 N–H and O–H groups in total. The van der Waals surface area contributed by atoms with Crippen LogP contribution < -0.4 is 15.4 Å². The van der Waals surface area contributed by atoms with Crippen molar-refractivity contribution in [1.29, 1.82) is 0 Å². The highest BCUT2D eigenvalue weighted by Gasteiger charge is 2.22. The van der Waals surface area contributed by atoms with Crippen LogP contribution in [0.2, 0.25) is 0 Å². The van der Waals surface area contributed by atoms with Crippen LogP contribution in [0.3, 0.4) is 0 Å². The largest absolute Gasteiger partial charge is 0.492 e. The zero-order valence-corrected chi connectivity index (χ0v) is 21.8. The standard InChI is InChI=1S/C22H35N7O2.HI/c1-5-23-22(24-14-17-8-6-7-9-19(17)31-13-12-28(2)3)25-18-10-11-21-26-20(16-30-4)27-29(21)15-18;/h6-9,18H,5,10-16H2,1-4H3,(H2,23,24,25);1H. The maximum Gasteiger partial charge on any atom is 0.191 e. The molecule has 0 amide bonds. The third-order valence-corrected chi connectivity index (χ3v) is 5.04. The number of aliphatic imine (C=N–C) groups is 1. The van der Waals surface area contributed by atoms with E-state index in [1.807, 2.05) is 37.0 Å². The summed E-state index contributed by atoms with van der Waals surface area (Å²) in [5.74, 6) is 3.45. The highest BCUT2D eigenvalue weighted by atomic mass is 127. The summed E-state index contributed by atoms with van der Waals surface area (Å²) in [5.41, 5.74) is 1.07. The highest BCUT2D eigenvalue weighted by molar-refractivity contribution is 14.0. The summed E-state index contributed by atoms with van der Waals surface area (Å²) in [6, 6.07) is 8.34. The third kappa shape index (κ3) is 7.89. The van der Waals surface area contributed by atoms with E-state index in [9.17, 15) is 0 Å². The first-order valence-electron chi connectivity index (χ1n) is 10.9. The van der Waals surface area contributed by atoms with Gasteiger partial charge in [-0.2, -0.15) is 5.10 Å². The van der Waals surface area contributed by atoms with Crippen molar-refractivity contribution in [2.75, 3.05) is 40.9 Å². The number of hydrogen-bond acceptors (Lipinski definition) is 6. The molecule has 0 fully saturated rings. The van der Waals surface area contributed by atoms with Gasteiger partial charge in [-0.25, -0.2) is 14.7 Å². The molecule has 10 heteroatoms. The van der Waals surface area contributed by atoms with E-state index in [2.05, 4.69) is 38.6 Å². The van der Waals surface area contributed by atoms with E-state index in [1.165, 1.54) is 0 Å². The molecule has 1 atom stereocenters. The summed E-state index contributed by atoms with van der Waals surface area (Å²) >= 11 is 0. The molecule has 1 aromatic heterocycles. The van der Waals surface area contributed by atoms with E-state index < -0.39 is 0 Å². The maximum absolute atomic E-state index is 5.97. The molecule has 0 bridgehead atoms. The second-order valence-electron chi connectivity index (χ2n) is 7.89. The first-order chi connectivity index (χ1) is 15.1. The van der Waals surface area contributed by atoms with Gasteiger partial charge in [0.25, 0.3) is 0 Å². The van der Waals surface area contributed by atoms with Crippen LogP contribution in [0.1, 0.15) is 30.6 Å². The topological polar surface area (TPSA) is 88.8 Å². The second-order valence-corrected chi connectivity index (χ2v) is 7.89. The van der Waals surface area contributed by atoms with Crippen molar-refractivity contribution in [2.24, 2.45) is 4.99 Å². The zero-order valence-electron chi connectivity index (χ0n) is 19.5. The summed E-state index contributed by atoms with van der Waals surface area (Å²) in [7, 11) is 5.74. The SMILES string of the molecule is CCNC(=NCc1ccccc1OCCN(C)C)NC1CCc2nc(COC)nn2C1.I. The van der Waals surface area contributed by atoms with Crippen molar-refractivity contribution in [1.82, 2.24) is 30.3 Å². The van der Waals surface area contributed by atoms with Gasteiger partial charge in [-0.15, -0.1) is 24.0 Å². The van der Waals surface area contributed by atoms with Gasteiger partial charge in [-0.1, -0.05) is 18.2 Å². The van der Waals surface area contributed by atoms with E-state index in [-0.39, 0.29) is 30.0 Å². The van der Waals surface area contributed by atoms with Crippen molar-refractivity contribution < 1.29 is 9.47 Å². The lowest BCUT2D eigenvalue weighted by atomic mass is 10.1. The summed E-state index contributed by atoms with van der Waals surface area (Å²) in [4.78, 5) is 11.5. The van der Waals surface area contributed by atoms with Gasteiger partial charge >= 0.3 is 0 Å². The second kappa shape index (κ2) is 13.6. The van der Waals surface area contributed by atoms with Gasteiger partial charge in [-0.3, -0.25) is 0 Å². The molecule has 1 aromatic carbocycles. The Balaban J connectivity index is 0.00000363. The van der Waals surface area contributed by atoms with Crippen LogP contribution in [-0.2, 0) is 30.9 Å². The Morgan fingerprint density at radius 3 is 2.88 bits per heavy atom. The van der Waals surface area contributed by atoms with Crippen molar-refractivity contribution in [3.63, 3.8) is 0 Å². The Labute approximate surface area is 208 Å². The molecule has 0 spiro atoms. The minimum absolute atomic E-state index is 0. The van der Waals surface area contributed by atoms with Crippen molar-refractivity contribution in [3.8, 4) is 5.75 Å². The molecular formula is C22H36IN7O2. The molecule has 0 saturated carbocycles. The molecule has 0 saturated heterocycles. The fourth-order valence-electron chi connectivity index (χ4n) is 3.46. The average molecular weight is 557 g/mol. The molecule has 1 aliphatic heterocycles. The molecular weight excluding hydrogens is 521 g/mol. The number of para-hydroxylation sites is 1. The van der Waals surface area contributed by atoms with Crippen LogP contribution in [0.4, 0.5) is 0 Å². The van der Waals surface area contributed by atoms with Crippen LogP contribution in [0, 0.1) is 0 Å². The van der Waals surface area contributed by atoms with E-state index in [4.69, 9.17) is 14.5 Å². The van der Waals surface area contributed by atoms with Gasteiger partial charge in [0.05, 0.1) is 13.1 Å². The first-order valence-corrected chi connectivity index (χ1v) is 10.9. The van der Waals surface area contributed by atoms with Gasteiger partial charge in [0.15, 0.2) is 11.8 Å². The van der Waals surface area contributed by atoms with Gasteiger partial charge in [0, 0.05) is 38.2 Å². The third-order valence-electron chi connectivity index (χ3n) is 5.04. The first kappa shape index (κ1) is 26.3. The molecule has 0 radical (unpaired) electrons. The number of hydrogen-bond donors (Lipinski definition) is 2. The molecule has 3 rings (SSSR count). The Kier molecular flexibility index (Phi) is 11.2. The van der Waals surface area contributed by atoms with Crippen molar-refractivity contribution in [2.45, 2.75) is 45.5 Å². The molecule has 1 aliphatic rings. The van der Waals surface area contributed by atoms with Crippen LogP contribution in [0.15, 0.2) is 29.3 Å². The number of guanidine groups is 1. The number of aromatic nitrogens is 3. The van der Waals surface area contributed by atoms with Crippen LogP contribution >= 0.6 is 24.0 Å². The van der Waals surface area contributed by atoms with Crippen LogP contribution in [-0.4, -0.2) is 72.6 Å². The lowest BCUT2D eigenvalue weighted by Crippen LogP contribution is -2.47. The molecule has 178 valence electrons. The van der Waals surface area contributed by atoms with Gasteiger partial charge in [0.1, 0.15) is 24.8 Å². The Hall–Kier alpha value is -1.92. The number of nitrogens with zero attached hydrogens (tertiary/aromatic N) is 5. The summed E-state index contributed by atoms with van der Waals surface area (Å²) in [6.07, 6.45) is 1.87. The normalized spacial score (nSPS) is 15.8. The molecule has 2 heterocycles. The lowest BCUT2D eigenvalue weighted by Gasteiger charge is -2.25. The number of rotatable bonds is 10. The number of likely N-dealkylation sites (N-methyl/N-ethyl adjacent to an activating group) is 1. The van der Waals surface area contributed by atoms with E-state index in [0.29, 0.717) is 19.8 Å². The van der Waals surface area contributed by atoms with E-state index in [1.54, 1.807) is 7.11 Å².